The second kappa shape index (κ2) is 5.88. The Bertz CT molecular complexity index is 1020. The summed E-state index contributed by atoms with van der Waals surface area (Å²) in [7, 11) is 0. The van der Waals surface area contributed by atoms with Crippen molar-refractivity contribution in [1.29, 1.82) is 0 Å². The van der Waals surface area contributed by atoms with E-state index in [1.165, 1.54) is 11.3 Å². The van der Waals surface area contributed by atoms with E-state index in [0.717, 1.165) is 39.8 Å². The second-order valence-electron chi connectivity index (χ2n) is 7.88. The molecule has 4 heterocycles. The van der Waals surface area contributed by atoms with Gasteiger partial charge in [-0.2, -0.15) is 0 Å². The first-order valence-electron chi connectivity index (χ1n) is 8.78. The molecule has 0 amide bonds. The van der Waals surface area contributed by atoms with Gasteiger partial charge >= 0.3 is 0 Å². The van der Waals surface area contributed by atoms with Crippen LogP contribution in [0.1, 0.15) is 45.4 Å². The first-order chi connectivity index (χ1) is 11.8. The van der Waals surface area contributed by atoms with E-state index in [2.05, 4.69) is 38.7 Å². The van der Waals surface area contributed by atoms with Gasteiger partial charge in [-0.3, -0.25) is 9.36 Å². The summed E-state index contributed by atoms with van der Waals surface area (Å²) in [5.74, 6) is 0.557. The van der Waals surface area contributed by atoms with E-state index in [4.69, 9.17) is 9.72 Å². The SMILES string of the molecule is CC(C)CCn1cnc2c(sc3nc4c(cc32)COC(C)(C)C4)c1=O. The van der Waals surface area contributed by atoms with Crippen LogP contribution < -0.4 is 5.56 Å². The first kappa shape index (κ1) is 16.7. The molecule has 0 aliphatic carbocycles. The third kappa shape index (κ3) is 2.98. The van der Waals surface area contributed by atoms with Crippen LogP contribution in [0.3, 0.4) is 0 Å². The number of hydrogen-bond donors (Lipinski definition) is 0. The Morgan fingerprint density at radius 3 is 2.96 bits per heavy atom. The van der Waals surface area contributed by atoms with Crippen LogP contribution in [0.5, 0.6) is 0 Å². The largest absolute Gasteiger partial charge is 0.370 e. The van der Waals surface area contributed by atoms with Gasteiger partial charge in [-0.15, -0.1) is 11.3 Å². The highest BCUT2D eigenvalue weighted by atomic mass is 32.1. The van der Waals surface area contributed by atoms with Crippen molar-refractivity contribution in [3.05, 3.63) is 34.0 Å². The van der Waals surface area contributed by atoms with Crippen LogP contribution in [0.15, 0.2) is 17.2 Å². The predicted octanol–water partition coefficient (Wildman–Crippen LogP) is 3.90. The zero-order chi connectivity index (χ0) is 17.8. The fourth-order valence-corrected chi connectivity index (χ4v) is 4.31. The molecule has 132 valence electrons. The quantitative estimate of drug-likeness (QED) is 0.713. The van der Waals surface area contributed by atoms with E-state index in [-0.39, 0.29) is 11.2 Å². The van der Waals surface area contributed by atoms with Gasteiger partial charge in [0.1, 0.15) is 9.53 Å². The van der Waals surface area contributed by atoms with Crippen molar-refractivity contribution in [3.63, 3.8) is 0 Å². The maximum Gasteiger partial charge on any atom is 0.271 e. The molecule has 0 fully saturated rings. The normalized spacial score (nSPS) is 16.7. The lowest BCUT2D eigenvalue weighted by Crippen LogP contribution is -2.32. The Kier molecular flexibility index (Phi) is 3.92. The molecule has 4 rings (SSSR count). The maximum atomic E-state index is 12.8. The van der Waals surface area contributed by atoms with Crippen LogP contribution in [0, 0.1) is 5.92 Å². The molecule has 0 saturated carbocycles. The zero-order valence-corrected chi connectivity index (χ0v) is 15.9. The number of ether oxygens (including phenoxy) is 1. The molecule has 0 atom stereocenters. The molecular weight excluding hydrogens is 334 g/mol. The smallest absolute Gasteiger partial charge is 0.271 e. The molecule has 0 radical (unpaired) electrons. The molecule has 0 unspecified atom stereocenters. The minimum Gasteiger partial charge on any atom is -0.370 e. The average molecular weight is 357 g/mol. The van der Waals surface area contributed by atoms with E-state index in [0.29, 0.717) is 23.8 Å². The molecule has 3 aromatic rings. The predicted molar refractivity (Wildman–Crippen MR) is 101 cm³/mol. The first-order valence-corrected chi connectivity index (χ1v) is 9.60. The van der Waals surface area contributed by atoms with E-state index >= 15 is 0 Å². The second-order valence-corrected chi connectivity index (χ2v) is 8.88. The maximum absolute atomic E-state index is 12.8. The van der Waals surface area contributed by atoms with Crippen molar-refractivity contribution in [1.82, 2.24) is 14.5 Å². The Hall–Kier alpha value is -1.79. The van der Waals surface area contributed by atoms with Gasteiger partial charge in [0.25, 0.3) is 5.56 Å². The van der Waals surface area contributed by atoms with Crippen molar-refractivity contribution < 1.29 is 4.74 Å². The highest BCUT2D eigenvalue weighted by molar-refractivity contribution is 7.25. The molecule has 0 aromatic carbocycles. The van der Waals surface area contributed by atoms with Crippen molar-refractivity contribution in [3.8, 4) is 0 Å². The van der Waals surface area contributed by atoms with Crippen molar-refractivity contribution >= 4 is 31.8 Å². The highest BCUT2D eigenvalue weighted by Gasteiger charge is 2.28. The molecule has 0 bridgehead atoms. The summed E-state index contributed by atoms with van der Waals surface area (Å²) in [4.78, 5) is 23.1. The van der Waals surface area contributed by atoms with Crippen LogP contribution in [0.25, 0.3) is 20.4 Å². The Labute approximate surface area is 150 Å². The molecule has 0 saturated heterocycles. The van der Waals surface area contributed by atoms with Crippen LogP contribution in [0.2, 0.25) is 0 Å². The Morgan fingerprint density at radius 1 is 1.40 bits per heavy atom. The lowest BCUT2D eigenvalue weighted by Gasteiger charge is -2.30. The van der Waals surface area contributed by atoms with E-state index < -0.39 is 0 Å². The molecule has 5 nitrogen and oxygen atoms in total. The average Bonchev–Trinajstić information content (AvgIpc) is 2.89. The number of fused-ring (bicyclic) bond motifs is 4. The summed E-state index contributed by atoms with van der Waals surface area (Å²) >= 11 is 1.46. The third-order valence-electron chi connectivity index (χ3n) is 4.77. The fraction of sp³-hybridized carbons (Fsp3) is 0.526. The summed E-state index contributed by atoms with van der Waals surface area (Å²) in [6.07, 6.45) is 3.44. The molecule has 1 aliphatic heterocycles. The van der Waals surface area contributed by atoms with E-state index in [1.807, 2.05) is 0 Å². The van der Waals surface area contributed by atoms with Gasteiger partial charge in [-0.1, -0.05) is 13.8 Å². The number of thiophene rings is 1. The molecule has 0 spiro atoms. The number of nitrogens with zero attached hydrogens (tertiary/aromatic N) is 3. The number of pyridine rings is 1. The fourth-order valence-electron chi connectivity index (χ4n) is 3.23. The zero-order valence-electron chi connectivity index (χ0n) is 15.1. The number of aromatic nitrogens is 3. The molecule has 3 aromatic heterocycles. The van der Waals surface area contributed by atoms with E-state index in [1.54, 1.807) is 10.9 Å². The van der Waals surface area contributed by atoms with Gasteiger partial charge in [0.2, 0.25) is 0 Å². The van der Waals surface area contributed by atoms with Crippen LogP contribution >= 0.6 is 11.3 Å². The summed E-state index contributed by atoms with van der Waals surface area (Å²) in [5, 5.41) is 0.968. The third-order valence-corrected chi connectivity index (χ3v) is 5.84. The van der Waals surface area contributed by atoms with Crippen molar-refractivity contribution in [2.75, 3.05) is 0 Å². The Morgan fingerprint density at radius 2 is 2.20 bits per heavy atom. The molecular formula is C19H23N3O2S. The van der Waals surface area contributed by atoms with Crippen LogP contribution in [0.4, 0.5) is 0 Å². The highest BCUT2D eigenvalue weighted by Crippen LogP contribution is 2.34. The van der Waals surface area contributed by atoms with Crippen LogP contribution in [-0.4, -0.2) is 20.1 Å². The molecule has 6 heteroatoms. The number of hydrogen-bond acceptors (Lipinski definition) is 5. The number of aryl methyl sites for hydroxylation is 1. The molecule has 0 N–H and O–H groups in total. The van der Waals surface area contributed by atoms with Gasteiger partial charge in [-0.05, 0) is 32.3 Å². The standard InChI is InChI=1S/C19H23N3O2S/c1-11(2)5-6-22-10-20-15-13-7-12-9-24-19(3,4)8-14(12)21-17(13)25-16(15)18(22)23/h7,10-11H,5-6,8-9H2,1-4H3. The number of rotatable bonds is 3. The summed E-state index contributed by atoms with van der Waals surface area (Å²) in [6, 6.07) is 2.11. The minimum absolute atomic E-state index is 0.0446. The molecule has 1 aliphatic rings. The lowest BCUT2D eigenvalue weighted by molar-refractivity contribution is -0.0411. The van der Waals surface area contributed by atoms with E-state index in [9.17, 15) is 4.79 Å². The van der Waals surface area contributed by atoms with Crippen LogP contribution in [-0.2, 0) is 24.3 Å². The molecule has 25 heavy (non-hydrogen) atoms. The monoisotopic (exact) mass is 357 g/mol. The van der Waals surface area contributed by atoms with Gasteiger partial charge in [0.05, 0.1) is 29.7 Å². The van der Waals surface area contributed by atoms with Gasteiger partial charge < -0.3 is 4.74 Å². The van der Waals surface area contributed by atoms with Crippen molar-refractivity contribution in [2.45, 2.75) is 59.3 Å². The lowest BCUT2D eigenvalue weighted by atomic mass is 9.95. The summed E-state index contributed by atoms with van der Waals surface area (Å²) in [5.41, 5.74) is 2.81. The van der Waals surface area contributed by atoms with Gasteiger partial charge in [0, 0.05) is 23.9 Å². The summed E-state index contributed by atoms with van der Waals surface area (Å²) in [6.45, 7) is 9.76. The summed E-state index contributed by atoms with van der Waals surface area (Å²) < 4.78 is 8.33. The van der Waals surface area contributed by atoms with Gasteiger partial charge in [0.15, 0.2) is 0 Å². The van der Waals surface area contributed by atoms with Gasteiger partial charge in [-0.25, -0.2) is 9.97 Å². The van der Waals surface area contributed by atoms with Crippen molar-refractivity contribution in [2.24, 2.45) is 5.92 Å². The minimum atomic E-state index is -0.188. The topological polar surface area (TPSA) is 57.0 Å². The Balaban J connectivity index is 1.84.